The molecular weight excluding hydrogens is 308 g/mol. The van der Waals surface area contributed by atoms with E-state index in [0.29, 0.717) is 0 Å². The van der Waals surface area contributed by atoms with Gasteiger partial charge in [0.15, 0.2) is 0 Å². The second kappa shape index (κ2) is 7.07. The topological polar surface area (TPSA) is 51.2 Å². The number of carbonyl (C=O) groups is 1. The van der Waals surface area contributed by atoms with Gasteiger partial charge in [0.25, 0.3) is 0 Å². The fourth-order valence-electron chi connectivity index (χ4n) is 2.15. The van der Waals surface area contributed by atoms with Crippen molar-refractivity contribution in [1.29, 1.82) is 0 Å². The lowest BCUT2D eigenvalue weighted by atomic mass is 10.2. The number of carbonyl (C=O) groups excluding carboxylic acids is 1. The van der Waals surface area contributed by atoms with Gasteiger partial charge in [0, 0.05) is 16.6 Å². The van der Waals surface area contributed by atoms with Crippen molar-refractivity contribution in [2.75, 3.05) is 12.4 Å². The summed E-state index contributed by atoms with van der Waals surface area (Å²) < 4.78 is 5.09. The number of hydrogen-bond donors (Lipinski definition) is 1. The van der Waals surface area contributed by atoms with Crippen molar-refractivity contribution in [2.24, 2.45) is 0 Å². The first-order chi connectivity index (χ1) is 11.2. The molecule has 0 aliphatic rings. The molecule has 0 spiro atoms. The van der Waals surface area contributed by atoms with Crippen LogP contribution in [0.25, 0.3) is 11.3 Å². The smallest absolute Gasteiger partial charge is 0.231 e. The first-order valence-electron chi connectivity index (χ1n) is 7.18. The van der Waals surface area contributed by atoms with E-state index < -0.39 is 0 Å². The zero-order valence-corrected chi connectivity index (χ0v) is 13.5. The summed E-state index contributed by atoms with van der Waals surface area (Å²) in [6, 6.07) is 17.2. The Kier molecular flexibility index (Phi) is 4.68. The van der Waals surface area contributed by atoms with Crippen LogP contribution in [-0.4, -0.2) is 18.0 Å². The number of benzene rings is 2. The van der Waals surface area contributed by atoms with E-state index in [1.54, 1.807) is 7.11 Å². The third kappa shape index (κ3) is 3.96. The lowest BCUT2D eigenvalue weighted by Crippen LogP contribution is -2.14. The van der Waals surface area contributed by atoms with E-state index in [-0.39, 0.29) is 12.3 Å². The lowest BCUT2D eigenvalue weighted by molar-refractivity contribution is -0.115. The van der Waals surface area contributed by atoms with Gasteiger partial charge in [-0.15, -0.1) is 11.3 Å². The molecule has 0 unspecified atom stereocenters. The van der Waals surface area contributed by atoms with Gasteiger partial charge < -0.3 is 10.1 Å². The number of methoxy groups -OCH3 is 1. The van der Waals surface area contributed by atoms with Crippen molar-refractivity contribution in [1.82, 2.24) is 4.98 Å². The maximum Gasteiger partial charge on any atom is 0.231 e. The maximum absolute atomic E-state index is 12.1. The fourth-order valence-corrected chi connectivity index (χ4v) is 2.95. The number of hydrogen-bond acceptors (Lipinski definition) is 4. The molecule has 3 rings (SSSR count). The van der Waals surface area contributed by atoms with Gasteiger partial charge in [-0.3, -0.25) is 4.79 Å². The van der Waals surface area contributed by atoms with Crippen LogP contribution in [0.4, 0.5) is 5.69 Å². The Morgan fingerprint density at radius 2 is 1.87 bits per heavy atom. The molecule has 2 aromatic carbocycles. The Morgan fingerprint density at radius 3 is 2.57 bits per heavy atom. The first-order valence-corrected chi connectivity index (χ1v) is 8.06. The number of nitrogens with zero attached hydrogens (tertiary/aromatic N) is 1. The summed E-state index contributed by atoms with van der Waals surface area (Å²) in [5.41, 5.74) is 2.71. The Labute approximate surface area is 138 Å². The number of aromatic nitrogens is 1. The van der Waals surface area contributed by atoms with Crippen LogP contribution >= 0.6 is 11.3 Å². The van der Waals surface area contributed by atoms with Crippen LogP contribution in [0.15, 0.2) is 60.0 Å². The van der Waals surface area contributed by atoms with Gasteiger partial charge in [-0.2, -0.15) is 0 Å². The molecule has 1 heterocycles. The highest BCUT2D eigenvalue weighted by Gasteiger charge is 2.09. The van der Waals surface area contributed by atoms with Crippen molar-refractivity contribution in [3.8, 4) is 17.0 Å². The summed E-state index contributed by atoms with van der Waals surface area (Å²) in [5, 5.41) is 5.64. The maximum atomic E-state index is 12.1. The second-order valence-corrected chi connectivity index (χ2v) is 5.89. The molecule has 4 nitrogen and oxygen atoms in total. The Morgan fingerprint density at radius 1 is 1.13 bits per heavy atom. The molecule has 0 saturated heterocycles. The Bertz CT molecular complexity index is 782. The monoisotopic (exact) mass is 324 g/mol. The van der Waals surface area contributed by atoms with Gasteiger partial charge in [-0.25, -0.2) is 4.98 Å². The van der Waals surface area contributed by atoms with Gasteiger partial charge >= 0.3 is 0 Å². The van der Waals surface area contributed by atoms with E-state index >= 15 is 0 Å². The predicted molar refractivity (Wildman–Crippen MR) is 92.9 cm³/mol. The molecule has 0 aliphatic heterocycles. The lowest BCUT2D eigenvalue weighted by Gasteiger charge is -2.05. The number of amides is 1. The van der Waals surface area contributed by atoms with Gasteiger partial charge in [0.1, 0.15) is 10.8 Å². The molecule has 0 aliphatic carbocycles. The largest absolute Gasteiger partial charge is 0.497 e. The predicted octanol–water partition coefficient (Wildman–Crippen LogP) is 4.00. The van der Waals surface area contributed by atoms with Crippen LogP contribution < -0.4 is 10.1 Å². The van der Waals surface area contributed by atoms with Gasteiger partial charge in [-0.1, -0.05) is 30.3 Å². The molecule has 0 atom stereocenters. The van der Waals surface area contributed by atoms with Crippen LogP contribution in [0.1, 0.15) is 5.01 Å². The van der Waals surface area contributed by atoms with Crippen molar-refractivity contribution in [3.05, 3.63) is 65.0 Å². The molecule has 1 N–H and O–H groups in total. The molecule has 0 bridgehead atoms. The molecule has 1 aromatic heterocycles. The minimum absolute atomic E-state index is 0.0795. The molecule has 0 saturated carbocycles. The van der Waals surface area contributed by atoms with Crippen molar-refractivity contribution in [3.63, 3.8) is 0 Å². The summed E-state index contributed by atoms with van der Waals surface area (Å²) in [5.74, 6) is 0.680. The molecule has 1 amide bonds. The minimum Gasteiger partial charge on any atom is -0.497 e. The third-order valence-corrected chi connectivity index (χ3v) is 4.16. The average Bonchev–Trinajstić information content (AvgIpc) is 3.04. The van der Waals surface area contributed by atoms with Crippen molar-refractivity contribution < 1.29 is 9.53 Å². The van der Waals surface area contributed by atoms with Crippen molar-refractivity contribution in [2.45, 2.75) is 6.42 Å². The molecular formula is C18H16N2O2S. The normalized spacial score (nSPS) is 10.3. The van der Waals surface area contributed by atoms with E-state index in [1.807, 2.05) is 60.0 Å². The SMILES string of the molecule is COc1ccc(NC(=O)Cc2nc(-c3ccccc3)cs2)cc1. The summed E-state index contributed by atoms with van der Waals surface area (Å²) in [4.78, 5) is 16.6. The van der Waals surface area contributed by atoms with Crippen LogP contribution in [0.3, 0.4) is 0 Å². The quantitative estimate of drug-likeness (QED) is 0.772. The summed E-state index contributed by atoms with van der Waals surface area (Å²) in [7, 11) is 1.61. The Balaban J connectivity index is 1.63. The number of nitrogens with one attached hydrogen (secondary N) is 1. The summed E-state index contributed by atoms with van der Waals surface area (Å²) in [6.45, 7) is 0. The Hall–Kier alpha value is -2.66. The van der Waals surface area contributed by atoms with E-state index in [9.17, 15) is 4.79 Å². The zero-order valence-electron chi connectivity index (χ0n) is 12.7. The molecule has 5 heteroatoms. The van der Waals surface area contributed by atoms with Crippen LogP contribution in [-0.2, 0) is 11.2 Å². The van der Waals surface area contributed by atoms with Gasteiger partial charge in [0.2, 0.25) is 5.91 Å². The van der Waals surface area contributed by atoms with Gasteiger partial charge in [0.05, 0.1) is 19.2 Å². The third-order valence-electron chi connectivity index (χ3n) is 3.31. The zero-order chi connectivity index (χ0) is 16.1. The van der Waals surface area contributed by atoms with Crippen LogP contribution in [0.5, 0.6) is 5.75 Å². The highest BCUT2D eigenvalue weighted by atomic mass is 32.1. The van der Waals surface area contributed by atoms with E-state index in [0.717, 1.165) is 27.7 Å². The molecule has 23 heavy (non-hydrogen) atoms. The molecule has 116 valence electrons. The molecule has 0 fully saturated rings. The number of ether oxygens (including phenoxy) is 1. The van der Waals surface area contributed by atoms with Crippen molar-refractivity contribution >= 4 is 22.9 Å². The highest BCUT2D eigenvalue weighted by molar-refractivity contribution is 7.10. The molecule has 3 aromatic rings. The standard InChI is InChI=1S/C18H16N2O2S/c1-22-15-9-7-14(8-10-15)19-17(21)11-18-20-16(12-23-18)13-5-3-2-4-6-13/h2-10,12H,11H2,1H3,(H,19,21). The number of anilines is 1. The molecule has 0 radical (unpaired) electrons. The van der Waals surface area contributed by atoms with Crippen LogP contribution in [0, 0.1) is 0 Å². The van der Waals surface area contributed by atoms with E-state index in [4.69, 9.17) is 4.74 Å². The summed E-state index contributed by atoms with van der Waals surface area (Å²) >= 11 is 1.50. The van der Waals surface area contributed by atoms with Crippen LogP contribution in [0.2, 0.25) is 0 Å². The second-order valence-electron chi connectivity index (χ2n) is 4.95. The van der Waals surface area contributed by atoms with E-state index in [1.165, 1.54) is 11.3 Å². The van der Waals surface area contributed by atoms with Gasteiger partial charge in [-0.05, 0) is 24.3 Å². The highest BCUT2D eigenvalue weighted by Crippen LogP contribution is 2.22. The summed E-state index contributed by atoms with van der Waals surface area (Å²) in [6.07, 6.45) is 0.267. The number of thiazole rings is 1. The fraction of sp³-hybridized carbons (Fsp3) is 0.111. The first kappa shape index (κ1) is 15.2. The average molecular weight is 324 g/mol. The van der Waals surface area contributed by atoms with E-state index in [2.05, 4.69) is 10.3 Å². The number of rotatable bonds is 5. The minimum atomic E-state index is -0.0795.